The number of hydrogen-bond acceptors (Lipinski definition) is 6. The maximum absolute atomic E-state index is 12.6. The molecule has 150 valence electrons. The van der Waals surface area contributed by atoms with Gasteiger partial charge in [-0.2, -0.15) is 5.26 Å². The minimum Gasteiger partial charge on any atom is -0.452 e. The van der Waals surface area contributed by atoms with Crippen LogP contribution in [0.15, 0.2) is 24.3 Å². The van der Waals surface area contributed by atoms with Crippen molar-refractivity contribution in [2.75, 3.05) is 17.2 Å². The van der Waals surface area contributed by atoms with Gasteiger partial charge in [0.25, 0.3) is 5.91 Å². The number of amides is 2. The molecule has 2 amide bonds. The lowest BCUT2D eigenvalue weighted by Gasteiger charge is -2.09. The Morgan fingerprint density at radius 3 is 2.48 bits per heavy atom. The maximum Gasteiger partial charge on any atom is 0.341 e. The summed E-state index contributed by atoms with van der Waals surface area (Å²) < 4.78 is 5.18. The van der Waals surface area contributed by atoms with Gasteiger partial charge in [0.05, 0.1) is 18.1 Å². The highest BCUT2D eigenvalue weighted by molar-refractivity contribution is 7.16. The fourth-order valence-electron chi connectivity index (χ4n) is 2.72. The molecule has 0 bridgehead atoms. The van der Waals surface area contributed by atoms with Crippen molar-refractivity contribution in [2.45, 2.75) is 33.1 Å². The molecule has 0 radical (unpaired) electrons. The molecule has 1 fully saturated rings. The number of anilines is 2. The van der Waals surface area contributed by atoms with Crippen LogP contribution in [0.2, 0.25) is 0 Å². The molecule has 1 heterocycles. The molecule has 1 aromatic carbocycles. The summed E-state index contributed by atoms with van der Waals surface area (Å²) in [5, 5.41) is 14.6. The number of ether oxygens (including phenoxy) is 1. The summed E-state index contributed by atoms with van der Waals surface area (Å²) in [6.07, 6.45) is 2.03. The van der Waals surface area contributed by atoms with E-state index >= 15 is 0 Å². The van der Waals surface area contributed by atoms with E-state index in [1.807, 2.05) is 6.92 Å². The third-order valence-electron chi connectivity index (χ3n) is 4.63. The number of carbonyl (C=O) groups is 3. The van der Waals surface area contributed by atoms with Crippen molar-refractivity contribution in [3.05, 3.63) is 45.8 Å². The summed E-state index contributed by atoms with van der Waals surface area (Å²) in [5.74, 6) is -1.18. The number of benzene rings is 1. The van der Waals surface area contributed by atoms with Gasteiger partial charge >= 0.3 is 5.97 Å². The van der Waals surface area contributed by atoms with Crippen LogP contribution < -0.4 is 10.6 Å². The maximum atomic E-state index is 12.6. The van der Waals surface area contributed by atoms with Gasteiger partial charge in [-0.05, 0) is 49.9 Å². The minimum absolute atomic E-state index is 0.0203. The van der Waals surface area contributed by atoms with Crippen molar-refractivity contribution in [1.29, 1.82) is 5.26 Å². The van der Waals surface area contributed by atoms with E-state index in [2.05, 4.69) is 16.7 Å². The van der Waals surface area contributed by atoms with Gasteiger partial charge in [-0.15, -0.1) is 11.3 Å². The smallest absolute Gasteiger partial charge is 0.341 e. The van der Waals surface area contributed by atoms with Crippen LogP contribution in [-0.2, 0) is 20.7 Å². The first-order valence-electron chi connectivity index (χ1n) is 9.22. The average molecular weight is 411 g/mol. The number of nitriles is 1. The summed E-state index contributed by atoms with van der Waals surface area (Å²) in [5.41, 5.74) is 2.43. The van der Waals surface area contributed by atoms with Gasteiger partial charge in [0.15, 0.2) is 6.61 Å². The lowest BCUT2D eigenvalue weighted by molar-refractivity contribution is -0.119. The first-order chi connectivity index (χ1) is 13.9. The molecule has 8 heteroatoms. The van der Waals surface area contributed by atoms with Crippen LogP contribution in [0.4, 0.5) is 10.7 Å². The standard InChI is InChI=1S/C21H21N3O4S/c1-12-13(2)29-20(24-19(26)15-5-6-15)18(12)21(27)28-11-17(25)23-16-7-3-14(4-8-16)9-10-22/h3-4,7-8,15H,5-6,9,11H2,1-2H3,(H,23,25)(H,24,26). The fraction of sp³-hybridized carbons (Fsp3) is 0.333. The second-order valence-electron chi connectivity index (χ2n) is 6.91. The third kappa shape index (κ3) is 5.21. The van der Waals surface area contributed by atoms with Crippen molar-refractivity contribution in [3.63, 3.8) is 0 Å². The number of nitrogens with zero attached hydrogens (tertiary/aromatic N) is 1. The highest BCUT2D eigenvalue weighted by Gasteiger charge is 2.31. The molecule has 0 aliphatic heterocycles. The van der Waals surface area contributed by atoms with Crippen LogP contribution in [-0.4, -0.2) is 24.4 Å². The van der Waals surface area contributed by atoms with Crippen molar-refractivity contribution in [1.82, 2.24) is 0 Å². The molecular weight excluding hydrogens is 390 g/mol. The second-order valence-corrected chi connectivity index (χ2v) is 8.13. The SMILES string of the molecule is Cc1sc(NC(=O)C2CC2)c(C(=O)OCC(=O)Nc2ccc(CC#N)cc2)c1C. The summed E-state index contributed by atoms with van der Waals surface area (Å²) in [6, 6.07) is 8.92. The van der Waals surface area contributed by atoms with Crippen molar-refractivity contribution >= 4 is 39.8 Å². The Labute approximate surface area is 172 Å². The van der Waals surface area contributed by atoms with Gasteiger partial charge < -0.3 is 15.4 Å². The lowest BCUT2D eigenvalue weighted by Crippen LogP contribution is -2.22. The van der Waals surface area contributed by atoms with Gasteiger partial charge in [-0.3, -0.25) is 9.59 Å². The van der Waals surface area contributed by atoms with Crippen LogP contribution in [0, 0.1) is 31.1 Å². The number of esters is 1. The summed E-state index contributed by atoms with van der Waals surface area (Å²) >= 11 is 1.33. The predicted molar refractivity (Wildman–Crippen MR) is 110 cm³/mol. The molecule has 7 nitrogen and oxygen atoms in total. The van der Waals surface area contributed by atoms with E-state index in [4.69, 9.17) is 10.00 Å². The van der Waals surface area contributed by atoms with Crippen LogP contribution >= 0.6 is 11.3 Å². The molecule has 0 atom stereocenters. The molecule has 2 aromatic rings. The first-order valence-corrected chi connectivity index (χ1v) is 10.0. The van der Waals surface area contributed by atoms with E-state index in [0.29, 0.717) is 22.7 Å². The first kappa shape index (κ1) is 20.6. The number of carbonyl (C=O) groups excluding carboxylic acids is 3. The van der Waals surface area contributed by atoms with E-state index in [9.17, 15) is 14.4 Å². The van der Waals surface area contributed by atoms with E-state index in [-0.39, 0.29) is 11.8 Å². The van der Waals surface area contributed by atoms with E-state index in [1.165, 1.54) is 11.3 Å². The van der Waals surface area contributed by atoms with Crippen LogP contribution in [0.5, 0.6) is 0 Å². The minimum atomic E-state index is -0.641. The highest BCUT2D eigenvalue weighted by atomic mass is 32.1. The summed E-state index contributed by atoms with van der Waals surface area (Å²) in [4.78, 5) is 37.6. The quantitative estimate of drug-likeness (QED) is 0.677. The predicted octanol–water partition coefficient (Wildman–Crippen LogP) is 3.58. The zero-order valence-corrected chi connectivity index (χ0v) is 17.0. The Bertz CT molecular complexity index is 985. The van der Waals surface area contributed by atoms with E-state index in [0.717, 1.165) is 28.8 Å². The Morgan fingerprint density at radius 2 is 1.86 bits per heavy atom. The van der Waals surface area contributed by atoms with Crippen molar-refractivity contribution in [2.24, 2.45) is 5.92 Å². The number of aryl methyl sites for hydroxylation is 1. The Balaban J connectivity index is 1.59. The molecule has 29 heavy (non-hydrogen) atoms. The average Bonchev–Trinajstić information content (AvgIpc) is 3.49. The van der Waals surface area contributed by atoms with Gasteiger partial charge in [-0.25, -0.2) is 4.79 Å². The number of thiophene rings is 1. The molecule has 1 aliphatic rings. The Hall–Kier alpha value is -3.18. The van der Waals surface area contributed by atoms with E-state index < -0.39 is 18.5 Å². The fourth-order valence-corrected chi connectivity index (χ4v) is 3.77. The molecule has 2 N–H and O–H groups in total. The normalized spacial score (nSPS) is 12.7. The zero-order valence-electron chi connectivity index (χ0n) is 16.2. The molecule has 1 aromatic heterocycles. The lowest BCUT2D eigenvalue weighted by atomic mass is 10.1. The number of nitrogens with one attached hydrogen (secondary N) is 2. The van der Waals surface area contributed by atoms with Gasteiger partial charge in [0.2, 0.25) is 5.91 Å². The van der Waals surface area contributed by atoms with Crippen LogP contribution in [0.3, 0.4) is 0 Å². The highest BCUT2D eigenvalue weighted by Crippen LogP contribution is 2.36. The van der Waals surface area contributed by atoms with Gasteiger partial charge in [0.1, 0.15) is 5.00 Å². The van der Waals surface area contributed by atoms with Gasteiger partial charge in [-0.1, -0.05) is 12.1 Å². The summed E-state index contributed by atoms with van der Waals surface area (Å²) in [6.45, 7) is 3.22. The van der Waals surface area contributed by atoms with Crippen LogP contribution in [0.25, 0.3) is 0 Å². The molecule has 3 rings (SSSR count). The molecule has 1 aliphatic carbocycles. The van der Waals surface area contributed by atoms with Gasteiger partial charge in [0, 0.05) is 16.5 Å². The third-order valence-corrected chi connectivity index (χ3v) is 5.75. The van der Waals surface area contributed by atoms with Crippen LogP contribution in [0.1, 0.15) is 39.2 Å². The molecule has 1 saturated carbocycles. The summed E-state index contributed by atoms with van der Waals surface area (Å²) in [7, 11) is 0. The second kappa shape index (κ2) is 8.88. The molecule has 0 unspecified atom stereocenters. The van der Waals surface area contributed by atoms with Crippen molar-refractivity contribution in [3.8, 4) is 6.07 Å². The Kier molecular flexibility index (Phi) is 6.29. The monoisotopic (exact) mass is 411 g/mol. The molecular formula is C21H21N3O4S. The topological polar surface area (TPSA) is 108 Å². The Morgan fingerprint density at radius 1 is 1.17 bits per heavy atom. The largest absolute Gasteiger partial charge is 0.452 e. The zero-order chi connectivity index (χ0) is 21.0. The number of rotatable bonds is 7. The van der Waals surface area contributed by atoms with Crippen molar-refractivity contribution < 1.29 is 19.1 Å². The van der Waals surface area contributed by atoms with E-state index in [1.54, 1.807) is 31.2 Å². The number of hydrogen-bond donors (Lipinski definition) is 2. The molecule has 0 saturated heterocycles. The molecule has 0 spiro atoms.